The van der Waals surface area contributed by atoms with E-state index < -0.39 is 28.6 Å². The number of rotatable bonds is 4. The van der Waals surface area contributed by atoms with Gasteiger partial charge in [0.25, 0.3) is 0 Å². The number of pyridine rings is 1. The Morgan fingerprint density at radius 2 is 1.44 bits per heavy atom. The molecule has 2 aromatic carbocycles. The molecular weight excluding hydrogens is 351 g/mol. The van der Waals surface area contributed by atoms with Crippen molar-refractivity contribution in [2.24, 2.45) is 0 Å². The number of aliphatic hydroxyl groups is 1. The van der Waals surface area contributed by atoms with Crippen LogP contribution in [0.25, 0.3) is 11.1 Å². The number of aromatic nitrogens is 1. The molecule has 0 spiro atoms. The second kappa shape index (κ2) is 6.82. The number of hydrogen-bond donors (Lipinski definition) is 1. The molecule has 2 nitrogen and oxygen atoms in total. The third kappa shape index (κ3) is 3.47. The van der Waals surface area contributed by atoms with Crippen LogP contribution in [-0.2, 0) is 11.5 Å². The van der Waals surface area contributed by atoms with E-state index in [0.717, 1.165) is 30.2 Å². The van der Waals surface area contributed by atoms with Gasteiger partial charge < -0.3 is 5.11 Å². The van der Waals surface area contributed by atoms with E-state index in [1.807, 2.05) is 31.2 Å². The van der Waals surface area contributed by atoms with Crippen molar-refractivity contribution in [2.75, 3.05) is 0 Å². The van der Waals surface area contributed by atoms with E-state index in [1.54, 1.807) is 6.92 Å². The zero-order chi connectivity index (χ0) is 19.8. The van der Waals surface area contributed by atoms with Gasteiger partial charge in [0.2, 0.25) is 0 Å². The summed E-state index contributed by atoms with van der Waals surface area (Å²) >= 11 is 0. The molecule has 1 atom stereocenters. The van der Waals surface area contributed by atoms with E-state index in [2.05, 4.69) is 4.98 Å². The van der Waals surface area contributed by atoms with Crippen molar-refractivity contribution in [3.05, 3.63) is 89.0 Å². The van der Waals surface area contributed by atoms with Crippen molar-refractivity contribution in [1.82, 2.24) is 4.98 Å². The summed E-state index contributed by atoms with van der Waals surface area (Å²) in [6.07, 6.45) is 1.33. The van der Waals surface area contributed by atoms with Crippen LogP contribution in [0.4, 0.5) is 13.2 Å². The third-order valence-corrected chi connectivity index (χ3v) is 4.73. The molecule has 0 radical (unpaired) electrons. The van der Waals surface area contributed by atoms with E-state index in [4.69, 9.17) is 0 Å². The Kier molecular flexibility index (Phi) is 4.82. The standard InChI is InChI=1S/C22H20F3NO/c1-14-4-7-16(8-5-14)17-9-11-20(26-13-17)22(24,25)21(3,27)18-10-6-15(2)12-19(18)23/h4-13,27H,1-3H3/t21-/m1/s1. The van der Waals surface area contributed by atoms with Gasteiger partial charge in [0, 0.05) is 17.3 Å². The molecule has 0 unspecified atom stereocenters. The molecular formula is C22H20F3NO. The van der Waals surface area contributed by atoms with Crippen molar-refractivity contribution < 1.29 is 18.3 Å². The van der Waals surface area contributed by atoms with Crippen LogP contribution >= 0.6 is 0 Å². The van der Waals surface area contributed by atoms with E-state index >= 15 is 8.78 Å². The maximum atomic E-state index is 15.0. The number of nitrogens with zero attached hydrogens (tertiary/aromatic N) is 1. The lowest BCUT2D eigenvalue weighted by Crippen LogP contribution is -2.42. The number of halogens is 3. The molecule has 140 valence electrons. The highest BCUT2D eigenvalue weighted by Crippen LogP contribution is 2.45. The van der Waals surface area contributed by atoms with Crippen LogP contribution < -0.4 is 0 Å². The summed E-state index contributed by atoms with van der Waals surface area (Å²) in [7, 11) is 0. The Balaban J connectivity index is 1.97. The maximum Gasteiger partial charge on any atom is 0.321 e. The number of aryl methyl sites for hydroxylation is 2. The second-order valence-electron chi connectivity index (χ2n) is 6.93. The van der Waals surface area contributed by atoms with E-state index in [0.29, 0.717) is 11.1 Å². The molecule has 0 aliphatic carbocycles. The molecule has 0 fully saturated rings. The third-order valence-electron chi connectivity index (χ3n) is 4.73. The van der Waals surface area contributed by atoms with E-state index in [-0.39, 0.29) is 0 Å². The predicted octanol–water partition coefficient (Wildman–Crippen LogP) is 5.50. The van der Waals surface area contributed by atoms with Gasteiger partial charge >= 0.3 is 5.92 Å². The first kappa shape index (κ1) is 19.1. The highest BCUT2D eigenvalue weighted by molar-refractivity contribution is 5.62. The smallest absolute Gasteiger partial charge is 0.321 e. The molecule has 0 aliphatic rings. The minimum Gasteiger partial charge on any atom is -0.379 e. The lowest BCUT2D eigenvalue weighted by Gasteiger charge is -2.33. The fraction of sp³-hybridized carbons (Fsp3) is 0.227. The first-order valence-electron chi connectivity index (χ1n) is 8.53. The summed E-state index contributed by atoms with van der Waals surface area (Å²) < 4.78 is 44.2. The molecule has 5 heteroatoms. The van der Waals surface area contributed by atoms with Crippen LogP contribution in [0.15, 0.2) is 60.8 Å². The number of alkyl halides is 2. The second-order valence-corrected chi connectivity index (χ2v) is 6.93. The summed E-state index contributed by atoms with van der Waals surface area (Å²) in [6.45, 7) is 4.50. The molecule has 3 aromatic rings. The fourth-order valence-corrected chi connectivity index (χ4v) is 2.93. The average Bonchev–Trinajstić information content (AvgIpc) is 2.62. The Morgan fingerprint density at radius 1 is 0.852 bits per heavy atom. The molecule has 0 aliphatic heterocycles. The monoisotopic (exact) mass is 371 g/mol. The molecule has 27 heavy (non-hydrogen) atoms. The van der Waals surface area contributed by atoms with Crippen LogP contribution in [0.2, 0.25) is 0 Å². The van der Waals surface area contributed by atoms with Crippen LogP contribution in [0.5, 0.6) is 0 Å². The topological polar surface area (TPSA) is 33.1 Å². The van der Waals surface area contributed by atoms with Crippen molar-refractivity contribution in [3.8, 4) is 11.1 Å². The minimum absolute atomic E-state index is 0.470. The summed E-state index contributed by atoms with van der Waals surface area (Å²) in [4.78, 5) is 3.86. The van der Waals surface area contributed by atoms with Gasteiger partial charge in [-0.2, -0.15) is 8.78 Å². The first-order valence-corrected chi connectivity index (χ1v) is 8.53. The molecule has 1 aromatic heterocycles. The Morgan fingerprint density at radius 3 is 2.00 bits per heavy atom. The lowest BCUT2D eigenvalue weighted by atomic mass is 9.86. The lowest BCUT2D eigenvalue weighted by molar-refractivity contribution is -0.189. The Labute approximate surface area is 156 Å². The van der Waals surface area contributed by atoms with Crippen molar-refractivity contribution in [2.45, 2.75) is 32.3 Å². The SMILES string of the molecule is Cc1ccc(-c2ccc(C(F)(F)[C@](C)(O)c3ccc(C)cc3F)nc2)cc1. The Bertz CT molecular complexity index is 948. The molecule has 3 rings (SSSR count). The summed E-state index contributed by atoms with van der Waals surface area (Å²) in [5.41, 5.74) is -0.647. The molecule has 0 bridgehead atoms. The van der Waals surface area contributed by atoms with Crippen molar-refractivity contribution in [1.29, 1.82) is 0 Å². The Hall–Kier alpha value is -2.66. The van der Waals surface area contributed by atoms with Gasteiger partial charge in [0.15, 0.2) is 5.60 Å². The van der Waals surface area contributed by atoms with E-state index in [1.165, 1.54) is 24.4 Å². The van der Waals surface area contributed by atoms with Crippen LogP contribution in [0.1, 0.15) is 29.3 Å². The van der Waals surface area contributed by atoms with Gasteiger partial charge in [0.05, 0.1) is 0 Å². The highest BCUT2D eigenvalue weighted by Gasteiger charge is 2.53. The van der Waals surface area contributed by atoms with Gasteiger partial charge in [-0.3, -0.25) is 4.98 Å². The maximum absolute atomic E-state index is 15.0. The molecule has 0 amide bonds. The zero-order valence-corrected chi connectivity index (χ0v) is 15.3. The normalized spacial score (nSPS) is 14.0. The quantitative estimate of drug-likeness (QED) is 0.656. The van der Waals surface area contributed by atoms with Crippen molar-refractivity contribution in [3.63, 3.8) is 0 Å². The zero-order valence-electron chi connectivity index (χ0n) is 15.3. The summed E-state index contributed by atoms with van der Waals surface area (Å²) in [6, 6.07) is 14.1. The van der Waals surface area contributed by atoms with Gasteiger partial charge in [-0.1, -0.05) is 48.0 Å². The van der Waals surface area contributed by atoms with E-state index in [9.17, 15) is 9.50 Å². The minimum atomic E-state index is -3.78. The average molecular weight is 371 g/mol. The highest BCUT2D eigenvalue weighted by atomic mass is 19.3. The molecule has 0 saturated heterocycles. The fourth-order valence-electron chi connectivity index (χ4n) is 2.93. The van der Waals surface area contributed by atoms with Gasteiger partial charge in [-0.05, 0) is 44.0 Å². The summed E-state index contributed by atoms with van der Waals surface area (Å²) in [5, 5.41) is 10.5. The van der Waals surface area contributed by atoms with Gasteiger partial charge in [-0.15, -0.1) is 0 Å². The molecule has 1 N–H and O–H groups in total. The molecule has 1 heterocycles. The van der Waals surface area contributed by atoms with Gasteiger partial charge in [0.1, 0.15) is 11.5 Å². The van der Waals surface area contributed by atoms with Crippen LogP contribution in [0, 0.1) is 19.7 Å². The molecule has 0 saturated carbocycles. The number of hydrogen-bond acceptors (Lipinski definition) is 2. The van der Waals surface area contributed by atoms with Crippen LogP contribution in [-0.4, -0.2) is 10.1 Å². The number of benzene rings is 2. The largest absolute Gasteiger partial charge is 0.379 e. The predicted molar refractivity (Wildman–Crippen MR) is 99.0 cm³/mol. The first-order chi connectivity index (χ1) is 12.6. The van der Waals surface area contributed by atoms with Crippen LogP contribution in [0.3, 0.4) is 0 Å². The van der Waals surface area contributed by atoms with Crippen molar-refractivity contribution >= 4 is 0 Å². The van der Waals surface area contributed by atoms with Gasteiger partial charge in [-0.25, -0.2) is 4.39 Å². The summed E-state index contributed by atoms with van der Waals surface area (Å²) in [5.74, 6) is -4.66.